The Hall–Kier alpha value is -3.62. The van der Waals surface area contributed by atoms with Gasteiger partial charge in [-0.3, -0.25) is 14.6 Å². The van der Waals surface area contributed by atoms with Gasteiger partial charge in [-0.1, -0.05) is 81.4 Å². The normalized spacial score (nSPS) is 22.5. The van der Waals surface area contributed by atoms with Crippen molar-refractivity contribution in [2.75, 3.05) is 18.6 Å². The smallest absolute Gasteiger partial charge is 0.411 e. The summed E-state index contributed by atoms with van der Waals surface area (Å²) in [4.78, 5) is 31.7. The van der Waals surface area contributed by atoms with Crippen molar-refractivity contribution in [3.63, 3.8) is 0 Å². The lowest BCUT2D eigenvalue weighted by Crippen LogP contribution is -2.74. The molecule has 0 N–H and O–H groups in total. The fourth-order valence-corrected chi connectivity index (χ4v) is 7.06. The average molecular weight is 573 g/mol. The molecule has 0 unspecified atom stereocenters. The molecule has 2 saturated heterocycles. The highest BCUT2D eigenvalue weighted by Gasteiger charge is 2.70. The minimum atomic E-state index is -2.19. The molecule has 2 aliphatic heterocycles. The minimum Gasteiger partial charge on any atom is -0.497 e. The SMILES string of the molecule is COc1ccc(N2C(=O)[C@]3(C[C@@H](O[Si](C)(C)C(C)(C)C)CN3C(=O)OCc3ccccc3)[C@H]2c2ccccc2)cc1. The number of likely N-dealkylation sites (tertiary alicyclic amines) is 1. The van der Waals surface area contributed by atoms with Crippen LogP contribution in [-0.2, 0) is 20.6 Å². The third kappa shape index (κ3) is 5.26. The van der Waals surface area contributed by atoms with Crippen molar-refractivity contribution in [1.29, 1.82) is 0 Å². The Morgan fingerprint density at radius 2 is 1.56 bits per heavy atom. The van der Waals surface area contributed by atoms with E-state index in [0.29, 0.717) is 18.7 Å². The molecular formula is C33H40N2O5Si. The lowest BCUT2D eigenvalue weighted by molar-refractivity contribution is -0.140. The van der Waals surface area contributed by atoms with Crippen LogP contribution in [0.5, 0.6) is 5.75 Å². The van der Waals surface area contributed by atoms with Crippen LogP contribution < -0.4 is 9.64 Å². The Morgan fingerprint density at radius 3 is 2.15 bits per heavy atom. The molecule has 216 valence electrons. The van der Waals surface area contributed by atoms with E-state index >= 15 is 0 Å². The molecule has 0 radical (unpaired) electrons. The first-order valence-electron chi connectivity index (χ1n) is 14.2. The van der Waals surface area contributed by atoms with Crippen LogP contribution >= 0.6 is 0 Å². The number of hydrogen-bond acceptors (Lipinski definition) is 5. The highest BCUT2D eigenvalue weighted by Crippen LogP contribution is 2.55. The third-order valence-corrected chi connectivity index (χ3v) is 13.4. The number of carbonyl (C=O) groups excluding carboxylic acids is 2. The molecule has 1 spiro atoms. The standard InChI is InChI=1S/C33H40N2O5Si/c1-32(2,3)41(5,6)40-28-21-33(34(22-28)31(37)39-23-24-13-9-7-10-14-24)29(25-15-11-8-12-16-25)35(30(33)36)26-17-19-27(38-4)20-18-26/h7-20,28-29H,21-23H2,1-6H3/t28-,29-,33+/m1/s1. The second-order valence-corrected chi connectivity index (χ2v) is 17.2. The number of hydrogen-bond donors (Lipinski definition) is 0. The van der Waals surface area contributed by atoms with E-state index in [4.69, 9.17) is 13.9 Å². The van der Waals surface area contributed by atoms with Crippen molar-refractivity contribution in [3.05, 3.63) is 96.1 Å². The van der Waals surface area contributed by atoms with Gasteiger partial charge in [0.15, 0.2) is 13.9 Å². The third-order valence-electron chi connectivity index (χ3n) is 8.87. The van der Waals surface area contributed by atoms with E-state index in [1.54, 1.807) is 16.9 Å². The van der Waals surface area contributed by atoms with Gasteiger partial charge < -0.3 is 13.9 Å². The summed E-state index contributed by atoms with van der Waals surface area (Å²) in [7, 11) is -0.572. The number of carbonyl (C=O) groups is 2. The zero-order chi connectivity index (χ0) is 29.4. The van der Waals surface area contributed by atoms with Crippen molar-refractivity contribution >= 4 is 26.0 Å². The molecule has 3 atom stereocenters. The second-order valence-electron chi connectivity index (χ2n) is 12.5. The quantitative estimate of drug-likeness (QED) is 0.226. The molecule has 5 rings (SSSR count). The number of rotatable bonds is 7. The van der Waals surface area contributed by atoms with Crippen LogP contribution in [0.25, 0.3) is 0 Å². The molecule has 7 nitrogen and oxygen atoms in total. The predicted octanol–water partition coefficient (Wildman–Crippen LogP) is 6.95. The fourth-order valence-electron chi connectivity index (χ4n) is 5.72. The summed E-state index contributed by atoms with van der Waals surface area (Å²) in [5.41, 5.74) is 1.48. The van der Waals surface area contributed by atoms with E-state index in [9.17, 15) is 9.59 Å². The summed E-state index contributed by atoms with van der Waals surface area (Å²) in [6.45, 7) is 11.4. The Labute approximate surface area is 244 Å². The summed E-state index contributed by atoms with van der Waals surface area (Å²) in [6, 6.07) is 26.6. The van der Waals surface area contributed by atoms with Gasteiger partial charge in [0.25, 0.3) is 5.91 Å². The van der Waals surface area contributed by atoms with Gasteiger partial charge in [-0.25, -0.2) is 4.79 Å². The van der Waals surface area contributed by atoms with Crippen LogP contribution in [0.15, 0.2) is 84.9 Å². The van der Waals surface area contributed by atoms with Crippen molar-refractivity contribution < 1.29 is 23.5 Å². The van der Waals surface area contributed by atoms with Gasteiger partial charge >= 0.3 is 6.09 Å². The fraction of sp³-hybridized carbons (Fsp3) is 0.394. The minimum absolute atomic E-state index is 0.0149. The van der Waals surface area contributed by atoms with Gasteiger partial charge in [0.05, 0.1) is 25.8 Å². The maximum absolute atomic E-state index is 14.4. The van der Waals surface area contributed by atoms with Crippen LogP contribution in [0, 0.1) is 0 Å². The topological polar surface area (TPSA) is 68.3 Å². The molecule has 0 saturated carbocycles. The zero-order valence-electron chi connectivity index (χ0n) is 24.8. The number of amides is 2. The summed E-state index contributed by atoms with van der Waals surface area (Å²) in [5.74, 6) is 0.581. The van der Waals surface area contributed by atoms with Crippen LogP contribution in [0.3, 0.4) is 0 Å². The second kappa shape index (κ2) is 11.0. The lowest BCUT2D eigenvalue weighted by Gasteiger charge is -2.57. The summed E-state index contributed by atoms with van der Waals surface area (Å²) >= 11 is 0. The van der Waals surface area contributed by atoms with Crippen LogP contribution in [0.1, 0.15) is 44.4 Å². The van der Waals surface area contributed by atoms with Crippen LogP contribution in [-0.4, -0.2) is 50.5 Å². The Bertz CT molecular complexity index is 1370. The maximum atomic E-state index is 14.4. The summed E-state index contributed by atoms with van der Waals surface area (Å²) in [6.07, 6.45) is -0.377. The first kappa shape index (κ1) is 28.9. The molecule has 3 aromatic rings. The van der Waals surface area contributed by atoms with Gasteiger partial charge in [-0.05, 0) is 53.5 Å². The van der Waals surface area contributed by atoms with E-state index in [1.165, 1.54) is 0 Å². The van der Waals surface area contributed by atoms with Gasteiger partial charge in [0.1, 0.15) is 12.4 Å². The molecule has 41 heavy (non-hydrogen) atoms. The average Bonchev–Trinajstić information content (AvgIpc) is 3.35. The molecular weight excluding hydrogens is 532 g/mol. The number of β-lactam (4-membered cyclic amide) rings is 1. The Kier molecular flexibility index (Phi) is 7.74. The Morgan fingerprint density at radius 1 is 0.951 bits per heavy atom. The van der Waals surface area contributed by atoms with Crippen molar-refractivity contribution in [2.24, 2.45) is 0 Å². The molecule has 3 aromatic carbocycles. The van der Waals surface area contributed by atoms with E-state index in [-0.39, 0.29) is 23.7 Å². The Balaban J connectivity index is 1.54. The maximum Gasteiger partial charge on any atom is 0.411 e. The number of methoxy groups -OCH3 is 1. The number of anilines is 1. The summed E-state index contributed by atoms with van der Waals surface area (Å²) < 4.78 is 18.0. The largest absolute Gasteiger partial charge is 0.497 e. The van der Waals surface area contributed by atoms with Gasteiger partial charge in [0, 0.05) is 12.1 Å². The molecule has 2 aliphatic rings. The number of benzene rings is 3. The lowest BCUT2D eigenvalue weighted by atomic mass is 9.72. The molecule has 2 amide bonds. The highest BCUT2D eigenvalue weighted by atomic mass is 28.4. The van der Waals surface area contributed by atoms with Crippen molar-refractivity contribution in [3.8, 4) is 5.75 Å². The first-order chi connectivity index (χ1) is 19.5. The predicted molar refractivity (Wildman–Crippen MR) is 162 cm³/mol. The van der Waals surface area contributed by atoms with Crippen LogP contribution in [0.4, 0.5) is 10.5 Å². The van der Waals surface area contributed by atoms with Gasteiger partial charge in [-0.2, -0.15) is 0 Å². The van der Waals surface area contributed by atoms with E-state index in [2.05, 4.69) is 33.9 Å². The zero-order valence-corrected chi connectivity index (χ0v) is 25.8. The van der Waals surface area contributed by atoms with E-state index < -0.39 is 26.0 Å². The first-order valence-corrected chi connectivity index (χ1v) is 17.1. The number of ether oxygens (including phenoxy) is 2. The molecule has 0 aromatic heterocycles. The molecule has 2 heterocycles. The monoisotopic (exact) mass is 572 g/mol. The van der Waals surface area contributed by atoms with Crippen molar-refractivity contribution in [2.45, 2.75) is 69.6 Å². The van der Waals surface area contributed by atoms with Crippen LogP contribution in [0.2, 0.25) is 18.1 Å². The van der Waals surface area contributed by atoms with E-state index in [1.807, 2.05) is 84.9 Å². The molecule has 0 bridgehead atoms. The highest BCUT2D eigenvalue weighted by molar-refractivity contribution is 6.74. The number of nitrogens with zero attached hydrogens (tertiary/aromatic N) is 2. The summed E-state index contributed by atoms with van der Waals surface area (Å²) in [5, 5.41) is -0.0149. The van der Waals surface area contributed by atoms with Crippen molar-refractivity contribution in [1.82, 2.24) is 4.90 Å². The van der Waals surface area contributed by atoms with Gasteiger partial charge in [0.2, 0.25) is 0 Å². The van der Waals surface area contributed by atoms with Gasteiger partial charge in [-0.15, -0.1) is 0 Å². The van der Waals surface area contributed by atoms with E-state index in [0.717, 1.165) is 16.8 Å². The molecule has 2 fully saturated rings. The molecule has 8 heteroatoms. The molecule has 0 aliphatic carbocycles.